The minimum absolute atomic E-state index is 0.0991. The second-order valence-corrected chi connectivity index (χ2v) is 6.06. The largest absolute Gasteiger partial charge is 0.339 e. The average molecular weight is 313 g/mol. The van der Waals surface area contributed by atoms with Crippen molar-refractivity contribution < 1.29 is 22.1 Å². The van der Waals surface area contributed by atoms with Gasteiger partial charge in [0.25, 0.3) is 0 Å². The number of aromatic nitrogens is 2. The van der Waals surface area contributed by atoms with Gasteiger partial charge in [0.15, 0.2) is 0 Å². The first-order valence-electron chi connectivity index (χ1n) is 5.92. The summed E-state index contributed by atoms with van der Waals surface area (Å²) < 4.78 is 41.3. The van der Waals surface area contributed by atoms with E-state index in [1.165, 1.54) is 24.3 Å². The van der Waals surface area contributed by atoms with Crippen molar-refractivity contribution in [3.63, 3.8) is 0 Å². The molecule has 0 spiro atoms. The Morgan fingerprint density at radius 1 is 1.33 bits per heavy atom. The quantitative estimate of drug-likeness (QED) is 0.879. The molecule has 1 aromatic heterocycles. The first kappa shape index (κ1) is 15.1. The molecule has 0 saturated carbocycles. The number of carbonyl (C=O) groups is 1. The lowest BCUT2D eigenvalue weighted by Crippen LogP contribution is -2.29. The maximum Gasteiger partial charge on any atom is 0.233 e. The van der Waals surface area contributed by atoms with E-state index >= 15 is 0 Å². The normalized spacial score (nSPS) is 11.3. The smallest absolute Gasteiger partial charge is 0.233 e. The zero-order valence-electron chi connectivity index (χ0n) is 11.0. The molecule has 2 aromatic rings. The highest BCUT2D eigenvalue weighted by Gasteiger charge is 2.12. The molecule has 0 fully saturated rings. The Morgan fingerprint density at radius 2 is 2.00 bits per heavy atom. The van der Waals surface area contributed by atoms with Crippen molar-refractivity contribution in [2.75, 3.05) is 6.26 Å². The SMILES string of the molecule is CS(=O)(=O)NC(=O)CCc1nc(-c2ccc(F)cc2)no1. The highest BCUT2D eigenvalue weighted by atomic mass is 32.2. The molecule has 1 amide bonds. The van der Waals surface area contributed by atoms with Gasteiger partial charge >= 0.3 is 0 Å². The van der Waals surface area contributed by atoms with Crippen LogP contribution in [-0.2, 0) is 21.2 Å². The molecule has 0 saturated heterocycles. The van der Waals surface area contributed by atoms with E-state index in [1.54, 1.807) is 0 Å². The van der Waals surface area contributed by atoms with Crippen LogP contribution in [0.15, 0.2) is 28.8 Å². The van der Waals surface area contributed by atoms with E-state index in [4.69, 9.17) is 4.52 Å². The van der Waals surface area contributed by atoms with Crippen LogP contribution in [0.25, 0.3) is 11.4 Å². The maximum atomic E-state index is 12.8. The summed E-state index contributed by atoms with van der Waals surface area (Å²) in [4.78, 5) is 15.4. The predicted octanol–water partition coefficient (Wildman–Crippen LogP) is 0.884. The number of aryl methyl sites for hydroxylation is 1. The Kier molecular flexibility index (Phi) is 4.32. The molecule has 0 unspecified atom stereocenters. The number of benzene rings is 1. The standard InChI is InChI=1S/C12H12FN3O4S/c1-21(18,19)16-10(17)6-7-11-14-12(15-20-11)8-2-4-9(13)5-3-8/h2-5H,6-7H2,1H3,(H,16,17). The highest BCUT2D eigenvalue weighted by Crippen LogP contribution is 2.16. The zero-order chi connectivity index (χ0) is 15.5. The van der Waals surface area contributed by atoms with Crippen molar-refractivity contribution in [3.05, 3.63) is 36.0 Å². The third-order valence-corrected chi connectivity index (χ3v) is 3.03. The van der Waals surface area contributed by atoms with Gasteiger partial charge in [-0.3, -0.25) is 9.52 Å². The molecule has 21 heavy (non-hydrogen) atoms. The topological polar surface area (TPSA) is 102 Å². The van der Waals surface area contributed by atoms with Crippen LogP contribution in [0.3, 0.4) is 0 Å². The molecule has 9 heteroatoms. The number of hydrogen-bond acceptors (Lipinski definition) is 6. The maximum absolute atomic E-state index is 12.8. The lowest BCUT2D eigenvalue weighted by atomic mass is 10.2. The first-order valence-corrected chi connectivity index (χ1v) is 7.82. The van der Waals surface area contributed by atoms with Crippen LogP contribution in [0.4, 0.5) is 4.39 Å². The van der Waals surface area contributed by atoms with Crippen LogP contribution in [0.2, 0.25) is 0 Å². The van der Waals surface area contributed by atoms with Crippen LogP contribution in [-0.4, -0.2) is 30.7 Å². The lowest BCUT2D eigenvalue weighted by Gasteiger charge is -1.99. The predicted molar refractivity (Wildman–Crippen MR) is 71.0 cm³/mol. The monoisotopic (exact) mass is 313 g/mol. The average Bonchev–Trinajstić information content (AvgIpc) is 2.84. The third kappa shape index (κ3) is 4.63. The van der Waals surface area contributed by atoms with Gasteiger partial charge < -0.3 is 4.52 Å². The molecule has 0 aliphatic heterocycles. The van der Waals surface area contributed by atoms with Gasteiger partial charge in [-0.05, 0) is 24.3 Å². The number of sulfonamides is 1. The van der Waals surface area contributed by atoms with Gasteiger partial charge in [-0.1, -0.05) is 5.16 Å². The Hall–Kier alpha value is -2.29. The summed E-state index contributed by atoms with van der Waals surface area (Å²) in [5.41, 5.74) is 0.576. The fourth-order valence-corrected chi connectivity index (χ4v) is 2.07. The molecular formula is C12H12FN3O4S. The summed E-state index contributed by atoms with van der Waals surface area (Å²) in [6.07, 6.45) is 0.901. The van der Waals surface area contributed by atoms with E-state index in [0.717, 1.165) is 6.26 Å². The van der Waals surface area contributed by atoms with E-state index in [2.05, 4.69) is 10.1 Å². The van der Waals surface area contributed by atoms with Crippen LogP contribution in [0.1, 0.15) is 12.3 Å². The van der Waals surface area contributed by atoms with Crippen LogP contribution in [0, 0.1) is 5.82 Å². The summed E-state index contributed by atoms with van der Waals surface area (Å²) in [7, 11) is -3.57. The third-order valence-electron chi connectivity index (χ3n) is 2.44. The highest BCUT2D eigenvalue weighted by molar-refractivity contribution is 7.89. The van der Waals surface area contributed by atoms with Gasteiger partial charge in [-0.2, -0.15) is 4.98 Å². The second kappa shape index (κ2) is 6.00. The number of nitrogens with zero attached hydrogens (tertiary/aromatic N) is 2. The summed E-state index contributed by atoms with van der Waals surface area (Å²) in [6, 6.07) is 5.54. The van der Waals surface area contributed by atoms with Crippen molar-refractivity contribution in [3.8, 4) is 11.4 Å². The van der Waals surface area contributed by atoms with Gasteiger partial charge in [0.05, 0.1) is 6.26 Å². The van der Waals surface area contributed by atoms with Crippen molar-refractivity contribution in [1.82, 2.24) is 14.9 Å². The number of carbonyl (C=O) groups excluding carboxylic acids is 1. The molecule has 7 nitrogen and oxygen atoms in total. The van der Waals surface area contributed by atoms with Gasteiger partial charge in [-0.25, -0.2) is 12.8 Å². The van der Waals surface area contributed by atoms with E-state index in [9.17, 15) is 17.6 Å². The van der Waals surface area contributed by atoms with E-state index in [-0.39, 0.29) is 30.4 Å². The Morgan fingerprint density at radius 3 is 2.62 bits per heavy atom. The molecule has 2 rings (SSSR count). The van der Waals surface area contributed by atoms with Gasteiger partial charge in [-0.15, -0.1) is 0 Å². The minimum Gasteiger partial charge on any atom is -0.339 e. The molecule has 0 atom stereocenters. The van der Waals surface area contributed by atoms with Crippen molar-refractivity contribution in [2.24, 2.45) is 0 Å². The van der Waals surface area contributed by atoms with Crippen LogP contribution >= 0.6 is 0 Å². The zero-order valence-corrected chi connectivity index (χ0v) is 11.9. The van der Waals surface area contributed by atoms with E-state index in [1.807, 2.05) is 4.72 Å². The Labute approximate surface area is 120 Å². The van der Waals surface area contributed by atoms with Crippen molar-refractivity contribution >= 4 is 15.9 Å². The molecule has 0 aliphatic carbocycles. The molecule has 1 heterocycles. The Bertz CT molecular complexity index is 740. The van der Waals surface area contributed by atoms with Gasteiger partial charge in [0.1, 0.15) is 5.82 Å². The van der Waals surface area contributed by atoms with E-state index < -0.39 is 15.9 Å². The van der Waals surface area contributed by atoms with Crippen LogP contribution < -0.4 is 4.72 Å². The molecule has 0 bridgehead atoms. The van der Waals surface area contributed by atoms with E-state index in [0.29, 0.717) is 5.56 Å². The number of rotatable bonds is 5. The van der Waals surface area contributed by atoms with Crippen LogP contribution in [0.5, 0.6) is 0 Å². The molecule has 1 aromatic carbocycles. The fourth-order valence-electron chi connectivity index (χ4n) is 1.55. The second-order valence-electron chi connectivity index (χ2n) is 4.32. The first-order chi connectivity index (χ1) is 9.83. The number of hydrogen-bond donors (Lipinski definition) is 1. The van der Waals surface area contributed by atoms with Crippen molar-refractivity contribution in [2.45, 2.75) is 12.8 Å². The fraction of sp³-hybridized carbons (Fsp3) is 0.250. The summed E-state index contributed by atoms with van der Waals surface area (Å²) in [5, 5.41) is 3.71. The number of halogens is 1. The van der Waals surface area contributed by atoms with Gasteiger partial charge in [0.2, 0.25) is 27.6 Å². The summed E-state index contributed by atoms with van der Waals surface area (Å²) in [5.74, 6) is -0.564. The molecular weight excluding hydrogens is 301 g/mol. The van der Waals surface area contributed by atoms with Gasteiger partial charge in [0, 0.05) is 18.4 Å². The minimum atomic E-state index is -3.57. The molecule has 0 radical (unpaired) electrons. The molecule has 112 valence electrons. The summed E-state index contributed by atoms with van der Waals surface area (Å²) in [6.45, 7) is 0. The Balaban J connectivity index is 1.97. The lowest BCUT2D eigenvalue weighted by molar-refractivity contribution is -0.119. The number of nitrogens with one attached hydrogen (secondary N) is 1. The summed E-state index contributed by atoms with van der Waals surface area (Å²) >= 11 is 0. The molecule has 1 N–H and O–H groups in total. The van der Waals surface area contributed by atoms with Crippen molar-refractivity contribution in [1.29, 1.82) is 0 Å². The number of amides is 1. The molecule has 0 aliphatic rings.